The fourth-order valence-corrected chi connectivity index (χ4v) is 1.86. The van der Waals surface area contributed by atoms with Crippen LogP contribution in [0.1, 0.15) is 104 Å². The molecular weight excluding hydrogens is 220 g/mol. The fraction of sp³-hybridized carbons (Fsp3) is 0.941. The first-order valence-corrected chi connectivity index (χ1v) is 8.27. The van der Waals surface area contributed by atoms with E-state index < -0.39 is 0 Å². The molecule has 0 heterocycles. The van der Waals surface area contributed by atoms with Gasteiger partial charge < -0.3 is 4.79 Å². The molecule has 0 spiro atoms. The van der Waals surface area contributed by atoms with Crippen LogP contribution in [0, 0.1) is 0 Å². The molecule has 18 heavy (non-hydrogen) atoms. The molecule has 1 nitrogen and oxygen atoms in total. The largest absolute Gasteiger partial charge is 0.303 e. The Labute approximate surface area is 116 Å². The molecule has 0 saturated heterocycles. The van der Waals surface area contributed by atoms with Crippen molar-refractivity contribution >= 4 is 6.29 Å². The zero-order valence-electron chi connectivity index (χ0n) is 13.2. The van der Waals surface area contributed by atoms with E-state index in [4.69, 9.17) is 0 Å². The van der Waals surface area contributed by atoms with Gasteiger partial charge >= 0.3 is 0 Å². The third-order valence-corrected chi connectivity index (χ3v) is 3.13. The average Bonchev–Trinajstić information content (AvgIpc) is 2.40. The summed E-state index contributed by atoms with van der Waals surface area (Å²) in [5.41, 5.74) is 0. The first kappa shape index (κ1) is 20.0. The van der Waals surface area contributed by atoms with Crippen LogP contribution in [-0.2, 0) is 4.79 Å². The molecule has 0 saturated carbocycles. The van der Waals surface area contributed by atoms with E-state index in [1.165, 1.54) is 70.6 Å². The lowest BCUT2D eigenvalue weighted by molar-refractivity contribution is -0.107. The standard InChI is InChI=1S/C11H22O.C6H14/c1-2-3-4-5-6-7-8-9-10-11-12;1-3-5-6-4-2/h11H,2-10H2,1H3;3-6H2,1-2H3. The number of carbonyl (C=O) groups excluding carboxylic acids is 1. The molecule has 1 heteroatoms. The molecule has 0 atom stereocenters. The maximum absolute atomic E-state index is 9.98. The van der Waals surface area contributed by atoms with E-state index in [0.717, 1.165) is 19.1 Å². The zero-order valence-corrected chi connectivity index (χ0v) is 13.2. The Kier molecular flexibility index (Phi) is 24.3. The zero-order chi connectivity index (χ0) is 13.9. The van der Waals surface area contributed by atoms with Gasteiger partial charge in [-0.15, -0.1) is 0 Å². The van der Waals surface area contributed by atoms with Crippen LogP contribution in [0.3, 0.4) is 0 Å². The van der Waals surface area contributed by atoms with Gasteiger partial charge in [0.2, 0.25) is 0 Å². The quantitative estimate of drug-likeness (QED) is 0.296. The van der Waals surface area contributed by atoms with E-state index >= 15 is 0 Å². The van der Waals surface area contributed by atoms with Crippen LogP contribution in [0.5, 0.6) is 0 Å². The van der Waals surface area contributed by atoms with Crippen molar-refractivity contribution in [3.05, 3.63) is 0 Å². The SMILES string of the molecule is CCCCCC.CCCCCCCCCCC=O. The summed E-state index contributed by atoms with van der Waals surface area (Å²) in [7, 11) is 0. The molecule has 0 fully saturated rings. The Morgan fingerprint density at radius 2 is 0.889 bits per heavy atom. The van der Waals surface area contributed by atoms with Gasteiger partial charge in [0.05, 0.1) is 0 Å². The van der Waals surface area contributed by atoms with Crippen LogP contribution >= 0.6 is 0 Å². The highest BCUT2D eigenvalue weighted by atomic mass is 16.1. The molecule has 0 aromatic carbocycles. The van der Waals surface area contributed by atoms with Crippen molar-refractivity contribution in [2.45, 2.75) is 104 Å². The predicted octanol–water partition coefficient (Wildman–Crippen LogP) is 6.30. The van der Waals surface area contributed by atoms with Crippen LogP contribution in [-0.4, -0.2) is 6.29 Å². The topological polar surface area (TPSA) is 17.1 Å². The second-order valence-electron chi connectivity index (χ2n) is 5.14. The van der Waals surface area contributed by atoms with Crippen LogP contribution in [0.25, 0.3) is 0 Å². The minimum absolute atomic E-state index is 0.759. The van der Waals surface area contributed by atoms with Crippen molar-refractivity contribution in [3.8, 4) is 0 Å². The molecule has 0 aliphatic carbocycles. The second kappa shape index (κ2) is 21.9. The van der Waals surface area contributed by atoms with Crippen molar-refractivity contribution in [2.75, 3.05) is 0 Å². The highest BCUT2D eigenvalue weighted by Crippen LogP contribution is 2.08. The van der Waals surface area contributed by atoms with Gasteiger partial charge in [0.25, 0.3) is 0 Å². The van der Waals surface area contributed by atoms with Gasteiger partial charge in [0.15, 0.2) is 0 Å². The van der Waals surface area contributed by atoms with E-state index in [9.17, 15) is 4.79 Å². The first-order chi connectivity index (χ1) is 8.83. The lowest BCUT2D eigenvalue weighted by atomic mass is 10.1. The number of carbonyl (C=O) groups is 1. The second-order valence-corrected chi connectivity index (χ2v) is 5.14. The van der Waals surface area contributed by atoms with Gasteiger partial charge in [-0.3, -0.25) is 0 Å². The van der Waals surface area contributed by atoms with Crippen LogP contribution in [0.15, 0.2) is 0 Å². The summed E-state index contributed by atoms with van der Waals surface area (Å²) in [6.45, 7) is 6.70. The van der Waals surface area contributed by atoms with Crippen molar-refractivity contribution in [1.82, 2.24) is 0 Å². The van der Waals surface area contributed by atoms with Gasteiger partial charge in [-0.05, 0) is 6.42 Å². The summed E-state index contributed by atoms with van der Waals surface area (Å²) >= 11 is 0. The van der Waals surface area contributed by atoms with Gasteiger partial charge in [-0.25, -0.2) is 0 Å². The Bertz CT molecular complexity index is 128. The summed E-state index contributed by atoms with van der Waals surface area (Å²) in [5, 5.41) is 0. The third-order valence-electron chi connectivity index (χ3n) is 3.13. The summed E-state index contributed by atoms with van der Waals surface area (Å²) in [6, 6.07) is 0. The summed E-state index contributed by atoms with van der Waals surface area (Å²) < 4.78 is 0. The van der Waals surface area contributed by atoms with Crippen molar-refractivity contribution in [3.63, 3.8) is 0 Å². The van der Waals surface area contributed by atoms with Crippen molar-refractivity contribution in [2.24, 2.45) is 0 Å². The van der Waals surface area contributed by atoms with E-state index in [1.54, 1.807) is 0 Å². The number of unbranched alkanes of at least 4 members (excludes halogenated alkanes) is 11. The third kappa shape index (κ3) is 24.8. The number of rotatable bonds is 12. The van der Waals surface area contributed by atoms with E-state index in [2.05, 4.69) is 20.8 Å². The highest BCUT2D eigenvalue weighted by Gasteiger charge is 1.90. The maximum Gasteiger partial charge on any atom is 0.119 e. The van der Waals surface area contributed by atoms with Crippen LogP contribution < -0.4 is 0 Å². The normalized spacial score (nSPS) is 9.72. The van der Waals surface area contributed by atoms with Crippen LogP contribution in [0.4, 0.5) is 0 Å². The molecule has 0 rings (SSSR count). The molecule has 0 amide bonds. The van der Waals surface area contributed by atoms with Gasteiger partial charge in [-0.1, -0.05) is 91.4 Å². The summed E-state index contributed by atoms with van der Waals surface area (Å²) in [4.78, 5) is 9.98. The van der Waals surface area contributed by atoms with E-state index in [1.807, 2.05) is 0 Å². The van der Waals surface area contributed by atoms with Gasteiger partial charge in [0.1, 0.15) is 6.29 Å². The molecule has 0 N–H and O–H groups in total. The smallest absolute Gasteiger partial charge is 0.119 e. The molecule has 0 radical (unpaired) electrons. The molecule has 0 unspecified atom stereocenters. The van der Waals surface area contributed by atoms with E-state index in [0.29, 0.717) is 0 Å². The van der Waals surface area contributed by atoms with Gasteiger partial charge in [0, 0.05) is 6.42 Å². The monoisotopic (exact) mass is 256 g/mol. The predicted molar refractivity (Wildman–Crippen MR) is 83.1 cm³/mol. The number of aldehydes is 1. The van der Waals surface area contributed by atoms with Crippen LogP contribution in [0.2, 0.25) is 0 Å². The Hall–Kier alpha value is -0.330. The molecular formula is C17H36O. The molecule has 0 aromatic heterocycles. The Morgan fingerprint density at radius 3 is 1.28 bits per heavy atom. The van der Waals surface area contributed by atoms with E-state index in [-0.39, 0.29) is 0 Å². The fourth-order valence-electron chi connectivity index (χ4n) is 1.86. The molecule has 0 aliphatic heterocycles. The maximum atomic E-state index is 9.98. The van der Waals surface area contributed by atoms with Crippen molar-refractivity contribution in [1.29, 1.82) is 0 Å². The summed E-state index contributed by atoms with van der Waals surface area (Å²) in [6.07, 6.45) is 17.8. The molecule has 110 valence electrons. The number of hydrogen-bond donors (Lipinski definition) is 0. The van der Waals surface area contributed by atoms with Crippen molar-refractivity contribution < 1.29 is 4.79 Å². The lowest BCUT2D eigenvalue weighted by Gasteiger charge is -1.98. The van der Waals surface area contributed by atoms with Gasteiger partial charge in [-0.2, -0.15) is 0 Å². The molecule has 0 bridgehead atoms. The number of hydrogen-bond acceptors (Lipinski definition) is 1. The molecule has 0 aliphatic rings. The molecule has 0 aromatic rings. The average molecular weight is 256 g/mol. The Balaban J connectivity index is 0. The minimum Gasteiger partial charge on any atom is -0.303 e. The summed E-state index contributed by atoms with van der Waals surface area (Å²) in [5.74, 6) is 0. The Morgan fingerprint density at radius 1 is 0.556 bits per heavy atom. The highest BCUT2D eigenvalue weighted by molar-refractivity contribution is 5.48. The first-order valence-electron chi connectivity index (χ1n) is 8.27. The lowest BCUT2D eigenvalue weighted by Crippen LogP contribution is -1.81. The minimum atomic E-state index is 0.759.